The van der Waals surface area contributed by atoms with Crippen LogP contribution in [-0.4, -0.2) is 67.5 Å². The van der Waals surface area contributed by atoms with Crippen molar-refractivity contribution in [2.45, 2.75) is 69.2 Å². The van der Waals surface area contributed by atoms with Crippen molar-refractivity contribution >= 4 is 22.5 Å². The van der Waals surface area contributed by atoms with Crippen LogP contribution in [0.4, 0.5) is 8.78 Å². The number of hydrogen-bond donors (Lipinski definition) is 2. The van der Waals surface area contributed by atoms with Crippen molar-refractivity contribution in [1.29, 1.82) is 0 Å². The molecular formula is C23H31F2N5O4S. The summed E-state index contributed by atoms with van der Waals surface area (Å²) in [6, 6.07) is 4.65. The van der Waals surface area contributed by atoms with Crippen molar-refractivity contribution in [2.24, 2.45) is 10.1 Å². The highest BCUT2D eigenvalue weighted by atomic mass is 32.2. The molecule has 3 rings (SSSR count). The molecule has 1 atom stereocenters. The average molecular weight is 512 g/mol. The molecule has 35 heavy (non-hydrogen) atoms. The van der Waals surface area contributed by atoms with Crippen LogP contribution in [0.25, 0.3) is 11.1 Å². The van der Waals surface area contributed by atoms with E-state index in [-0.39, 0.29) is 29.6 Å². The normalized spacial score (nSPS) is 20.1. The van der Waals surface area contributed by atoms with Gasteiger partial charge in [0.05, 0.1) is 12.7 Å². The van der Waals surface area contributed by atoms with E-state index in [0.29, 0.717) is 12.8 Å². The van der Waals surface area contributed by atoms with Gasteiger partial charge in [-0.3, -0.25) is 0 Å². The third-order valence-electron chi connectivity index (χ3n) is 5.98. The Labute approximate surface area is 203 Å². The smallest absolute Gasteiger partial charge is 0.345 e. The number of guanidine groups is 1. The van der Waals surface area contributed by atoms with Gasteiger partial charge in [-0.1, -0.05) is 0 Å². The number of sulfone groups is 1. The lowest BCUT2D eigenvalue weighted by Gasteiger charge is -2.26. The van der Waals surface area contributed by atoms with Crippen LogP contribution in [-0.2, 0) is 14.6 Å². The van der Waals surface area contributed by atoms with E-state index in [1.807, 2.05) is 13.0 Å². The predicted molar refractivity (Wildman–Crippen MR) is 130 cm³/mol. The Morgan fingerprint density at radius 1 is 1.34 bits per heavy atom. The summed E-state index contributed by atoms with van der Waals surface area (Å²) < 4.78 is 54.4. The maximum Gasteiger partial charge on any atom is 0.345 e. The quantitative estimate of drug-likeness (QED) is 0.415. The van der Waals surface area contributed by atoms with Crippen LogP contribution in [0.5, 0.6) is 0 Å². The van der Waals surface area contributed by atoms with Gasteiger partial charge in [-0.2, -0.15) is 8.78 Å². The van der Waals surface area contributed by atoms with E-state index in [9.17, 15) is 22.3 Å². The molecule has 0 saturated heterocycles. The number of hydrogen-bond acceptors (Lipinski definition) is 6. The maximum atomic E-state index is 12.4. The number of pyridine rings is 1. The van der Waals surface area contributed by atoms with Crippen LogP contribution in [0, 0.1) is 6.92 Å². The molecule has 1 saturated carbocycles. The van der Waals surface area contributed by atoms with E-state index >= 15 is 0 Å². The molecule has 2 heterocycles. The minimum absolute atomic E-state index is 0.0137. The van der Waals surface area contributed by atoms with Crippen molar-refractivity contribution < 1.29 is 27.0 Å². The van der Waals surface area contributed by atoms with Gasteiger partial charge < -0.3 is 15.2 Å². The minimum Gasteiger partial charge on any atom is -0.393 e. The third-order valence-corrected chi connectivity index (χ3v) is 6.98. The topological polar surface area (TPSA) is 118 Å². The lowest BCUT2D eigenvalue weighted by atomic mass is 9.85. The molecule has 0 radical (unpaired) electrons. The summed E-state index contributed by atoms with van der Waals surface area (Å²) in [6.07, 6.45) is 5.17. The number of nitrogens with zero attached hydrogens (tertiary/aromatic N) is 4. The number of nitrogens with one attached hydrogen (secondary N) is 1. The van der Waals surface area contributed by atoms with E-state index in [2.05, 4.69) is 31.8 Å². The average Bonchev–Trinajstić information content (AvgIpc) is 3.13. The molecule has 9 nitrogen and oxygen atoms in total. The van der Waals surface area contributed by atoms with Crippen molar-refractivity contribution in [3.8, 4) is 11.1 Å². The molecule has 0 spiro atoms. The summed E-state index contributed by atoms with van der Waals surface area (Å²) in [6.45, 7) is 3.96. The highest BCUT2D eigenvalue weighted by Crippen LogP contribution is 2.37. The van der Waals surface area contributed by atoms with Gasteiger partial charge >= 0.3 is 6.61 Å². The van der Waals surface area contributed by atoms with Gasteiger partial charge in [0.1, 0.15) is 0 Å². The summed E-state index contributed by atoms with van der Waals surface area (Å²) in [5.41, 5.74) is 3.20. The van der Waals surface area contributed by atoms with Gasteiger partial charge in [0.15, 0.2) is 14.9 Å². The largest absolute Gasteiger partial charge is 0.393 e. The molecule has 2 N–H and O–H groups in total. The van der Waals surface area contributed by atoms with E-state index < -0.39 is 22.5 Å². The van der Waals surface area contributed by atoms with Gasteiger partial charge in [0.2, 0.25) is 5.96 Å². The number of aliphatic hydroxyl groups excluding tert-OH is 1. The molecule has 1 aliphatic rings. The first-order chi connectivity index (χ1) is 16.5. The monoisotopic (exact) mass is 511 g/mol. The first-order valence-corrected chi connectivity index (χ1v) is 13.2. The lowest BCUT2D eigenvalue weighted by molar-refractivity contribution is -0.132. The second-order valence-electron chi connectivity index (χ2n) is 8.76. The first-order valence-electron chi connectivity index (χ1n) is 11.3. The zero-order valence-corrected chi connectivity index (χ0v) is 20.8. The SMILES string of the molecule is C=N/C(=N\n1c(C)c(-c2ccc(S(C)(=O)=O)nc2)cc1[C@H]1CC[C@H](O)CC1)N[C@@H](C)COC(F)F. The number of ether oxygens (including phenoxy) is 1. The van der Waals surface area contributed by atoms with E-state index in [0.717, 1.165) is 41.6 Å². The zero-order valence-electron chi connectivity index (χ0n) is 20.0. The molecule has 192 valence electrons. The van der Waals surface area contributed by atoms with Crippen LogP contribution in [0.3, 0.4) is 0 Å². The summed E-state index contributed by atoms with van der Waals surface area (Å²) in [4.78, 5) is 8.01. The first kappa shape index (κ1) is 26.9. The van der Waals surface area contributed by atoms with Gasteiger partial charge in [-0.05, 0) is 64.4 Å². The Balaban J connectivity index is 2.00. The van der Waals surface area contributed by atoms with Gasteiger partial charge in [-0.25, -0.2) is 23.1 Å². The summed E-state index contributed by atoms with van der Waals surface area (Å²) >= 11 is 0. The van der Waals surface area contributed by atoms with Crippen LogP contribution >= 0.6 is 0 Å². The molecule has 1 aliphatic carbocycles. The number of halogens is 2. The molecule has 2 aromatic heterocycles. The highest BCUT2D eigenvalue weighted by molar-refractivity contribution is 7.90. The molecule has 0 unspecified atom stereocenters. The Hall–Kier alpha value is -2.70. The van der Waals surface area contributed by atoms with Crippen molar-refractivity contribution in [3.63, 3.8) is 0 Å². The van der Waals surface area contributed by atoms with Crippen molar-refractivity contribution in [2.75, 3.05) is 12.9 Å². The molecule has 0 bridgehead atoms. The van der Waals surface area contributed by atoms with Crippen molar-refractivity contribution in [1.82, 2.24) is 15.0 Å². The van der Waals surface area contributed by atoms with Crippen LogP contribution in [0.15, 0.2) is 39.5 Å². The van der Waals surface area contributed by atoms with Crippen molar-refractivity contribution in [3.05, 3.63) is 35.8 Å². The molecule has 0 aliphatic heterocycles. The number of aliphatic hydroxyl groups is 1. The van der Waals surface area contributed by atoms with Gasteiger partial charge in [0, 0.05) is 46.9 Å². The van der Waals surface area contributed by atoms with E-state index in [1.54, 1.807) is 17.7 Å². The summed E-state index contributed by atoms with van der Waals surface area (Å²) in [5, 5.41) is 17.5. The zero-order chi connectivity index (χ0) is 25.8. The molecule has 2 aromatic rings. The highest BCUT2D eigenvalue weighted by Gasteiger charge is 2.26. The Bertz CT molecular complexity index is 1160. The number of rotatable bonds is 8. The van der Waals surface area contributed by atoms with Crippen LogP contribution < -0.4 is 5.32 Å². The van der Waals surface area contributed by atoms with Gasteiger partial charge in [0.25, 0.3) is 0 Å². The fourth-order valence-corrected chi connectivity index (χ4v) is 4.71. The Morgan fingerprint density at radius 3 is 2.57 bits per heavy atom. The van der Waals surface area contributed by atoms with E-state index in [4.69, 9.17) is 0 Å². The van der Waals surface area contributed by atoms with Crippen LogP contribution in [0.1, 0.15) is 49.9 Å². The maximum absolute atomic E-state index is 12.4. The van der Waals surface area contributed by atoms with Crippen LogP contribution in [0.2, 0.25) is 0 Å². The number of aromatic nitrogens is 2. The summed E-state index contributed by atoms with van der Waals surface area (Å²) in [7, 11) is -3.42. The third kappa shape index (κ3) is 6.92. The molecule has 0 aromatic carbocycles. The number of alkyl halides is 2. The predicted octanol–water partition coefficient (Wildman–Crippen LogP) is 3.32. The molecule has 12 heteroatoms. The minimum atomic E-state index is -3.42. The fourth-order valence-electron chi connectivity index (χ4n) is 4.15. The van der Waals surface area contributed by atoms with Gasteiger partial charge in [-0.15, -0.1) is 5.10 Å². The summed E-state index contributed by atoms with van der Waals surface area (Å²) in [5.74, 6) is 0.270. The standard InChI is InChI=1S/C23H31F2N5O4S/c1-14(13-34-22(24)25)28-23(26-3)29-30-15(2)19(11-20(30)16-5-8-18(31)9-6-16)17-7-10-21(27-12-17)35(4,32)33/h7,10-12,14,16,18,22,31H,3,5-6,8-9,13H2,1-2,4H3,(H,28,29)/t14-,16-,18-/m0/s1. The Morgan fingerprint density at radius 2 is 2.03 bits per heavy atom. The second kappa shape index (κ2) is 11.4. The second-order valence-corrected chi connectivity index (χ2v) is 10.7. The number of aliphatic imine (C=N–C) groups is 1. The molecule has 1 fully saturated rings. The Kier molecular flexibility index (Phi) is 8.73. The lowest BCUT2D eigenvalue weighted by Crippen LogP contribution is -2.36. The molecule has 0 amide bonds. The van der Waals surface area contributed by atoms with E-state index in [1.165, 1.54) is 12.3 Å². The molecular weight excluding hydrogens is 480 g/mol. The fraction of sp³-hybridized carbons (Fsp3) is 0.522.